The van der Waals surface area contributed by atoms with Crippen LogP contribution < -0.4 is 0 Å². The predicted octanol–water partition coefficient (Wildman–Crippen LogP) is 3.43. The Labute approximate surface area is 128 Å². The Balaban J connectivity index is 2.21. The smallest absolute Gasteiger partial charge is 0.255 e. The fourth-order valence-electron chi connectivity index (χ4n) is 2.10. The summed E-state index contributed by atoms with van der Waals surface area (Å²) in [5, 5.41) is 8.96. The van der Waals surface area contributed by atoms with Gasteiger partial charge in [0.15, 0.2) is 0 Å². The van der Waals surface area contributed by atoms with Crippen molar-refractivity contribution in [2.75, 3.05) is 13.1 Å². The Morgan fingerprint density at radius 2 is 2.33 bits per heavy atom. The summed E-state index contributed by atoms with van der Waals surface area (Å²) in [6.45, 7) is 1.30. The van der Waals surface area contributed by atoms with Crippen molar-refractivity contribution < 1.29 is 4.79 Å². The van der Waals surface area contributed by atoms with Crippen molar-refractivity contribution in [3.63, 3.8) is 0 Å². The van der Waals surface area contributed by atoms with E-state index in [1.54, 1.807) is 4.90 Å². The van der Waals surface area contributed by atoms with Crippen LogP contribution in [0.2, 0.25) is 0 Å². The molecular formula is C13H12BrIN2O. The number of nitrogens with zero attached hydrogens (tertiary/aromatic N) is 2. The summed E-state index contributed by atoms with van der Waals surface area (Å²) >= 11 is 5.56. The van der Waals surface area contributed by atoms with Crippen LogP contribution in [0.25, 0.3) is 0 Å². The topological polar surface area (TPSA) is 44.1 Å². The molecule has 1 atom stereocenters. The highest BCUT2D eigenvalue weighted by atomic mass is 127. The quantitative estimate of drug-likeness (QED) is 0.656. The van der Waals surface area contributed by atoms with Gasteiger partial charge >= 0.3 is 0 Å². The molecule has 1 aliphatic rings. The molecule has 1 aliphatic heterocycles. The standard InChI is InChI=1S/C13H12BrIN2O/c14-10-3-4-12(15)11(6-10)13(18)17-5-1-2-9(7-16)8-17/h3-4,6,9H,1-2,5,8H2. The van der Waals surface area contributed by atoms with E-state index >= 15 is 0 Å². The minimum absolute atomic E-state index is 0.0208. The number of likely N-dealkylation sites (tertiary alicyclic amines) is 1. The van der Waals surface area contributed by atoms with Crippen LogP contribution in [0.5, 0.6) is 0 Å². The third-order valence-corrected chi connectivity index (χ3v) is 4.48. The van der Waals surface area contributed by atoms with E-state index in [4.69, 9.17) is 5.26 Å². The monoisotopic (exact) mass is 418 g/mol. The van der Waals surface area contributed by atoms with Crippen molar-refractivity contribution >= 4 is 44.4 Å². The highest BCUT2D eigenvalue weighted by Gasteiger charge is 2.25. The summed E-state index contributed by atoms with van der Waals surface area (Å²) in [6.07, 6.45) is 1.81. The predicted molar refractivity (Wildman–Crippen MR) is 81.1 cm³/mol. The molecule has 18 heavy (non-hydrogen) atoms. The van der Waals surface area contributed by atoms with Crippen molar-refractivity contribution in [2.45, 2.75) is 12.8 Å². The van der Waals surface area contributed by atoms with Gasteiger partial charge in [-0.3, -0.25) is 4.79 Å². The lowest BCUT2D eigenvalue weighted by Gasteiger charge is -2.30. The van der Waals surface area contributed by atoms with Crippen molar-refractivity contribution in [3.8, 4) is 6.07 Å². The van der Waals surface area contributed by atoms with E-state index in [1.807, 2.05) is 18.2 Å². The van der Waals surface area contributed by atoms with Gasteiger partial charge in [-0.05, 0) is 53.6 Å². The average molecular weight is 419 g/mol. The summed E-state index contributed by atoms with van der Waals surface area (Å²) in [7, 11) is 0. The first kappa shape index (κ1) is 13.8. The second-order valence-electron chi connectivity index (χ2n) is 4.34. The zero-order valence-corrected chi connectivity index (χ0v) is 13.4. The summed E-state index contributed by atoms with van der Waals surface area (Å²) in [4.78, 5) is 14.2. The maximum atomic E-state index is 12.4. The van der Waals surface area contributed by atoms with Gasteiger partial charge in [0.1, 0.15) is 0 Å². The SMILES string of the molecule is N#CC1CCCN(C(=O)c2cc(Br)ccc2I)C1. The molecule has 2 rings (SSSR count). The van der Waals surface area contributed by atoms with Crippen molar-refractivity contribution in [1.82, 2.24) is 4.90 Å². The van der Waals surface area contributed by atoms with Crippen LogP contribution in [0.15, 0.2) is 22.7 Å². The van der Waals surface area contributed by atoms with Crippen molar-refractivity contribution in [1.29, 1.82) is 5.26 Å². The van der Waals surface area contributed by atoms with Crippen LogP contribution >= 0.6 is 38.5 Å². The fraction of sp³-hybridized carbons (Fsp3) is 0.385. The molecule has 0 N–H and O–H groups in total. The first-order valence-electron chi connectivity index (χ1n) is 5.75. The average Bonchev–Trinajstić information content (AvgIpc) is 2.41. The molecule has 1 aromatic rings. The van der Waals surface area contributed by atoms with Gasteiger partial charge in [-0.1, -0.05) is 15.9 Å². The number of carbonyl (C=O) groups is 1. The molecule has 0 spiro atoms. The van der Waals surface area contributed by atoms with Crippen LogP contribution in [-0.2, 0) is 0 Å². The van der Waals surface area contributed by atoms with Gasteiger partial charge in [0.05, 0.1) is 17.6 Å². The van der Waals surface area contributed by atoms with Gasteiger partial charge in [0.25, 0.3) is 5.91 Å². The lowest BCUT2D eigenvalue weighted by atomic mass is 9.99. The van der Waals surface area contributed by atoms with E-state index < -0.39 is 0 Å². The Hall–Kier alpha value is -0.610. The molecule has 0 saturated carbocycles. The molecule has 3 nitrogen and oxygen atoms in total. The van der Waals surface area contributed by atoms with Crippen LogP contribution in [0, 0.1) is 20.8 Å². The minimum Gasteiger partial charge on any atom is -0.337 e. The molecular weight excluding hydrogens is 407 g/mol. The molecule has 1 heterocycles. The third-order valence-electron chi connectivity index (χ3n) is 3.05. The van der Waals surface area contributed by atoms with E-state index in [0.717, 1.165) is 27.4 Å². The normalized spacial score (nSPS) is 19.4. The molecule has 5 heteroatoms. The van der Waals surface area contributed by atoms with E-state index in [1.165, 1.54) is 0 Å². The summed E-state index contributed by atoms with van der Waals surface area (Å²) in [5.74, 6) is 0.00756. The number of benzene rings is 1. The number of nitriles is 1. The molecule has 0 aromatic heterocycles. The Bertz CT molecular complexity index is 512. The number of carbonyl (C=O) groups excluding carboxylic acids is 1. The molecule has 0 bridgehead atoms. The molecule has 1 unspecified atom stereocenters. The molecule has 0 radical (unpaired) electrons. The number of hydrogen-bond acceptors (Lipinski definition) is 2. The number of halogens is 2. The molecule has 0 aliphatic carbocycles. The van der Waals surface area contributed by atoms with E-state index in [0.29, 0.717) is 12.1 Å². The maximum Gasteiger partial charge on any atom is 0.255 e. The number of rotatable bonds is 1. The molecule has 1 amide bonds. The molecule has 94 valence electrons. The minimum atomic E-state index is -0.0208. The number of piperidine rings is 1. The van der Waals surface area contributed by atoms with Gasteiger partial charge in [-0.25, -0.2) is 0 Å². The van der Waals surface area contributed by atoms with E-state index in [9.17, 15) is 4.79 Å². The first-order chi connectivity index (χ1) is 8.61. The van der Waals surface area contributed by atoms with Gasteiger partial charge in [-0.15, -0.1) is 0 Å². The lowest BCUT2D eigenvalue weighted by Crippen LogP contribution is -2.39. The second kappa shape index (κ2) is 6.02. The van der Waals surface area contributed by atoms with Crippen LogP contribution in [0.1, 0.15) is 23.2 Å². The number of hydrogen-bond donors (Lipinski definition) is 0. The number of amides is 1. The van der Waals surface area contributed by atoms with Gasteiger partial charge in [0, 0.05) is 21.1 Å². The molecule has 1 aromatic carbocycles. The van der Waals surface area contributed by atoms with Gasteiger partial charge in [-0.2, -0.15) is 5.26 Å². The van der Waals surface area contributed by atoms with Gasteiger partial charge in [0.2, 0.25) is 0 Å². The van der Waals surface area contributed by atoms with E-state index in [-0.39, 0.29) is 11.8 Å². The summed E-state index contributed by atoms with van der Waals surface area (Å²) < 4.78 is 1.85. The highest BCUT2D eigenvalue weighted by molar-refractivity contribution is 14.1. The van der Waals surface area contributed by atoms with Crippen LogP contribution in [0.4, 0.5) is 0 Å². The lowest BCUT2D eigenvalue weighted by molar-refractivity contribution is 0.0697. The Morgan fingerprint density at radius 1 is 1.56 bits per heavy atom. The molecule has 1 saturated heterocycles. The zero-order chi connectivity index (χ0) is 13.1. The van der Waals surface area contributed by atoms with Crippen LogP contribution in [0.3, 0.4) is 0 Å². The first-order valence-corrected chi connectivity index (χ1v) is 7.63. The fourth-order valence-corrected chi connectivity index (χ4v) is 3.03. The van der Waals surface area contributed by atoms with E-state index in [2.05, 4.69) is 44.6 Å². The van der Waals surface area contributed by atoms with Gasteiger partial charge < -0.3 is 4.90 Å². The van der Waals surface area contributed by atoms with Crippen molar-refractivity contribution in [3.05, 3.63) is 31.8 Å². The third kappa shape index (κ3) is 3.04. The second-order valence-corrected chi connectivity index (χ2v) is 6.42. The maximum absolute atomic E-state index is 12.4. The summed E-state index contributed by atoms with van der Waals surface area (Å²) in [5.41, 5.74) is 0.712. The zero-order valence-electron chi connectivity index (χ0n) is 9.70. The Kier molecular flexibility index (Phi) is 4.62. The van der Waals surface area contributed by atoms with Crippen molar-refractivity contribution in [2.24, 2.45) is 5.92 Å². The van der Waals surface area contributed by atoms with Crippen LogP contribution in [-0.4, -0.2) is 23.9 Å². The summed E-state index contributed by atoms with van der Waals surface area (Å²) in [6, 6.07) is 7.95. The highest BCUT2D eigenvalue weighted by Crippen LogP contribution is 2.23. The Morgan fingerprint density at radius 3 is 3.06 bits per heavy atom. The largest absolute Gasteiger partial charge is 0.337 e. The molecule has 1 fully saturated rings.